The Morgan fingerprint density at radius 1 is 1.08 bits per heavy atom. The maximum Gasteiger partial charge on any atom is 0.265 e. The average molecular weight is 532 g/mol. The molecule has 1 saturated heterocycles. The van der Waals surface area contributed by atoms with Crippen LogP contribution in [0.15, 0.2) is 66.2 Å². The number of thiazole rings is 1. The zero-order valence-electron chi connectivity index (χ0n) is 19.9. The molecule has 6 rings (SSSR count). The predicted octanol–water partition coefficient (Wildman–Crippen LogP) is 4.93. The molecule has 0 atom stereocenters. The summed E-state index contributed by atoms with van der Waals surface area (Å²) >= 11 is 2.88. The van der Waals surface area contributed by atoms with E-state index < -0.39 is 0 Å². The van der Waals surface area contributed by atoms with Gasteiger partial charge in [0.25, 0.3) is 5.91 Å². The van der Waals surface area contributed by atoms with Crippen LogP contribution in [-0.2, 0) is 11.3 Å². The van der Waals surface area contributed by atoms with Gasteiger partial charge in [-0.25, -0.2) is 9.97 Å². The minimum absolute atomic E-state index is 0.200. The molecule has 4 aromatic heterocycles. The largest absolute Gasteiger partial charge is 0.397 e. The fraction of sp³-hybridized carbons (Fsp3) is 0.192. The van der Waals surface area contributed by atoms with E-state index in [0.29, 0.717) is 16.3 Å². The van der Waals surface area contributed by atoms with Gasteiger partial charge in [-0.3, -0.25) is 14.1 Å². The number of fused-ring (bicyclic) bond motifs is 1. The highest BCUT2D eigenvalue weighted by molar-refractivity contribution is 7.19. The van der Waals surface area contributed by atoms with Crippen LogP contribution in [0.2, 0.25) is 0 Å². The molecule has 11 heteroatoms. The number of carbonyl (C=O) groups excluding carboxylic acids is 1. The first-order chi connectivity index (χ1) is 18.1. The summed E-state index contributed by atoms with van der Waals surface area (Å²) in [5, 5.41) is 9.80. The molecule has 5 heterocycles. The number of nitrogens with zero attached hydrogens (tertiary/aromatic N) is 4. The molecule has 0 bridgehead atoms. The molecule has 1 aromatic carbocycles. The van der Waals surface area contributed by atoms with Crippen molar-refractivity contribution >= 4 is 55.7 Å². The van der Waals surface area contributed by atoms with Crippen LogP contribution in [0, 0.1) is 0 Å². The van der Waals surface area contributed by atoms with Gasteiger partial charge in [0, 0.05) is 30.7 Å². The number of carbonyl (C=O) groups is 1. The molecule has 4 N–H and O–H groups in total. The van der Waals surface area contributed by atoms with Crippen LogP contribution >= 0.6 is 22.7 Å². The average Bonchev–Trinajstić information content (AvgIpc) is 3.67. The van der Waals surface area contributed by atoms with Crippen LogP contribution in [0.5, 0.6) is 0 Å². The molecule has 1 amide bonds. The Kier molecular flexibility index (Phi) is 6.58. The van der Waals surface area contributed by atoms with Crippen LogP contribution in [0.3, 0.4) is 0 Å². The molecule has 0 unspecified atom stereocenters. The molecule has 5 aromatic rings. The van der Waals surface area contributed by atoms with Crippen LogP contribution in [0.4, 0.5) is 21.5 Å². The summed E-state index contributed by atoms with van der Waals surface area (Å²) in [7, 11) is 0. The normalized spacial score (nSPS) is 14.2. The third-order valence-electron chi connectivity index (χ3n) is 6.14. The number of nitrogens with one attached hydrogen (secondary N) is 2. The van der Waals surface area contributed by atoms with E-state index in [-0.39, 0.29) is 5.91 Å². The van der Waals surface area contributed by atoms with Crippen molar-refractivity contribution in [1.82, 2.24) is 19.3 Å². The number of aromatic nitrogens is 3. The van der Waals surface area contributed by atoms with Gasteiger partial charge in [-0.15, -0.1) is 22.7 Å². The highest BCUT2D eigenvalue weighted by Crippen LogP contribution is 2.32. The van der Waals surface area contributed by atoms with E-state index in [9.17, 15) is 4.79 Å². The van der Waals surface area contributed by atoms with Gasteiger partial charge in [-0.1, -0.05) is 18.2 Å². The summed E-state index contributed by atoms with van der Waals surface area (Å²) < 4.78 is 7.68. The number of thiophene rings is 1. The standard InChI is InChI=1S/C26H25N7O2S2/c27-18-5-1-2-6-19(18)29-25(34)22-8-9-24(37-22)31-26-30-20(16-36-26)21-14-28-23-7-3-4-17(33(21)23)15-32-10-12-35-13-11-32/h1-9,14,16H,10-13,15,27H2,(H,29,34)(H,30,31). The Bertz CT molecular complexity index is 1550. The molecule has 0 radical (unpaired) electrons. The van der Waals surface area contributed by atoms with Gasteiger partial charge in [0.1, 0.15) is 11.3 Å². The Morgan fingerprint density at radius 3 is 2.81 bits per heavy atom. The number of hydrogen-bond donors (Lipinski definition) is 3. The molecule has 9 nitrogen and oxygen atoms in total. The maximum atomic E-state index is 12.7. The number of pyridine rings is 1. The van der Waals surface area contributed by atoms with Gasteiger partial charge in [-0.2, -0.15) is 0 Å². The monoisotopic (exact) mass is 531 g/mol. The van der Waals surface area contributed by atoms with Gasteiger partial charge < -0.3 is 21.1 Å². The number of nitrogen functional groups attached to an aromatic ring is 1. The summed E-state index contributed by atoms with van der Waals surface area (Å²) in [6.45, 7) is 4.20. The molecular weight excluding hydrogens is 506 g/mol. The summed E-state index contributed by atoms with van der Waals surface area (Å²) in [6.07, 6.45) is 1.87. The number of rotatable bonds is 7. The molecule has 0 spiro atoms. The lowest BCUT2D eigenvalue weighted by Gasteiger charge is -2.27. The van der Waals surface area contributed by atoms with E-state index >= 15 is 0 Å². The Labute approximate surface area is 221 Å². The third-order valence-corrected chi connectivity index (χ3v) is 7.89. The molecular formula is C26H25N7O2S2. The second kappa shape index (κ2) is 10.3. The zero-order chi connectivity index (χ0) is 25.2. The first-order valence-corrected chi connectivity index (χ1v) is 13.6. The number of anilines is 4. The van der Waals surface area contributed by atoms with Crippen LogP contribution in [0.25, 0.3) is 17.0 Å². The molecule has 0 aliphatic carbocycles. The lowest BCUT2D eigenvalue weighted by Crippen LogP contribution is -2.36. The first kappa shape index (κ1) is 23.6. The number of hydrogen-bond acceptors (Lipinski definition) is 9. The van der Waals surface area contributed by atoms with Crippen LogP contribution < -0.4 is 16.4 Å². The maximum absolute atomic E-state index is 12.7. The molecule has 0 saturated carbocycles. The fourth-order valence-corrected chi connectivity index (χ4v) is 5.86. The van der Waals surface area contributed by atoms with Gasteiger partial charge in [0.2, 0.25) is 0 Å². The summed E-state index contributed by atoms with van der Waals surface area (Å²) in [4.78, 5) is 25.1. The fourth-order valence-electron chi connectivity index (χ4n) is 4.27. The first-order valence-electron chi connectivity index (χ1n) is 11.9. The van der Waals surface area contributed by atoms with Crippen molar-refractivity contribution in [2.75, 3.05) is 42.7 Å². The van der Waals surface area contributed by atoms with Crippen LogP contribution in [0.1, 0.15) is 15.4 Å². The second-order valence-electron chi connectivity index (χ2n) is 8.61. The second-order valence-corrected chi connectivity index (χ2v) is 10.6. The SMILES string of the molecule is Nc1ccccc1NC(=O)c1ccc(Nc2nc(-c3cnc4cccc(CN5CCOCC5)n34)cs2)s1. The number of ether oxygens (including phenoxy) is 1. The number of para-hydroxylation sites is 2. The number of benzene rings is 1. The zero-order valence-corrected chi connectivity index (χ0v) is 21.5. The third kappa shape index (κ3) is 5.07. The van der Waals surface area contributed by atoms with Crippen molar-refractivity contribution in [3.05, 3.63) is 76.7 Å². The molecule has 188 valence electrons. The number of imidazole rings is 1. The summed E-state index contributed by atoms with van der Waals surface area (Å²) in [5.41, 5.74) is 10.9. The number of amides is 1. The van der Waals surface area contributed by atoms with Gasteiger partial charge in [0.05, 0.1) is 46.4 Å². The van der Waals surface area contributed by atoms with Crippen molar-refractivity contribution < 1.29 is 9.53 Å². The summed E-state index contributed by atoms with van der Waals surface area (Å²) in [5.74, 6) is -0.200. The Morgan fingerprint density at radius 2 is 1.95 bits per heavy atom. The van der Waals surface area contributed by atoms with E-state index in [4.69, 9.17) is 15.5 Å². The van der Waals surface area contributed by atoms with E-state index in [0.717, 1.165) is 60.0 Å². The Hall–Kier alpha value is -3.77. The quantitative estimate of drug-likeness (QED) is 0.256. The smallest absolute Gasteiger partial charge is 0.265 e. The van der Waals surface area contributed by atoms with Crippen molar-refractivity contribution in [3.8, 4) is 11.4 Å². The minimum Gasteiger partial charge on any atom is -0.397 e. The van der Waals surface area contributed by atoms with E-state index in [1.807, 2.05) is 41.9 Å². The van der Waals surface area contributed by atoms with E-state index in [1.165, 1.54) is 28.4 Å². The highest BCUT2D eigenvalue weighted by Gasteiger charge is 2.17. The van der Waals surface area contributed by atoms with Gasteiger partial charge in [-0.05, 0) is 36.4 Å². The molecule has 1 aliphatic rings. The van der Waals surface area contributed by atoms with Gasteiger partial charge >= 0.3 is 0 Å². The number of nitrogens with two attached hydrogens (primary N) is 1. The van der Waals surface area contributed by atoms with Gasteiger partial charge in [0.15, 0.2) is 5.13 Å². The van der Waals surface area contributed by atoms with Crippen molar-refractivity contribution in [2.24, 2.45) is 0 Å². The van der Waals surface area contributed by atoms with E-state index in [2.05, 4.69) is 31.0 Å². The predicted molar refractivity (Wildman–Crippen MR) is 149 cm³/mol. The lowest BCUT2D eigenvalue weighted by atomic mass is 10.2. The molecule has 1 aliphatic heterocycles. The Balaban J connectivity index is 1.19. The minimum atomic E-state index is -0.200. The van der Waals surface area contributed by atoms with Crippen molar-refractivity contribution in [1.29, 1.82) is 0 Å². The molecule has 37 heavy (non-hydrogen) atoms. The lowest BCUT2D eigenvalue weighted by molar-refractivity contribution is 0.0335. The van der Waals surface area contributed by atoms with Crippen LogP contribution in [-0.4, -0.2) is 51.5 Å². The molecule has 1 fully saturated rings. The number of morpholine rings is 1. The van der Waals surface area contributed by atoms with Crippen molar-refractivity contribution in [3.63, 3.8) is 0 Å². The topological polar surface area (TPSA) is 110 Å². The van der Waals surface area contributed by atoms with Crippen molar-refractivity contribution in [2.45, 2.75) is 6.54 Å². The van der Waals surface area contributed by atoms with E-state index in [1.54, 1.807) is 18.2 Å². The highest BCUT2D eigenvalue weighted by atomic mass is 32.1. The summed E-state index contributed by atoms with van der Waals surface area (Å²) in [6, 6.07) is 17.1.